The highest BCUT2D eigenvalue weighted by atomic mass is 16.6. The summed E-state index contributed by atoms with van der Waals surface area (Å²) in [4.78, 5) is 25.9. The lowest BCUT2D eigenvalue weighted by Gasteiger charge is -2.37. The molecule has 1 saturated heterocycles. The number of anilines is 1. The lowest BCUT2D eigenvalue weighted by atomic mass is 9.79. The van der Waals surface area contributed by atoms with Crippen LogP contribution in [0.5, 0.6) is 5.75 Å². The van der Waals surface area contributed by atoms with E-state index >= 15 is 0 Å². The van der Waals surface area contributed by atoms with Crippen molar-refractivity contribution in [2.75, 3.05) is 19.0 Å². The monoisotopic (exact) mass is 657 g/mol. The second kappa shape index (κ2) is 13.6. The zero-order valence-corrected chi connectivity index (χ0v) is 26.9. The molecule has 2 unspecified atom stereocenters. The Labute approximate surface area is 282 Å². The first kappa shape index (κ1) is 32.1. The van der Waals surface area contributed by atoms with Gasteiger partial charge in [-0.05, 0) is 47.9 Å². The molecule has 11 heteroatoms. The van der Waals surface area contributed by atoms with E-state index in [-0.39, 0.29) is 18.3 Å². The van der Waals surface area contributed by atoms with Gasteiger partial charge in [-0.2, -0.15) is 0 Å². The SMILES string of the molecule is COc1ccc(C(OC[C@H]2O[C@@H](n3cnc4c(NC(=O)c5ccccc5)ncnc43)[C@@H](O)C2O)(c2ccccc2)c2ccc(C)cc2)cc1. The fraction of sp³-hybridized carbons (Fsp3) is 0.211. The summed E-state index contributed by atoms with van der Waals surface area (Å²) in [5.41, 5.74) is 3.66. The molecule has 0 spiro atoms. The van der Waals surface area contributed by atoms with E-state index in [2.05, 4.69) is 20.3 Å². The van der Waals surface area contributed by atoms with Gasteiger partial charge in [0.25, 0.3) is 5.91 Å². The van der Waals surface area contributed by atoms with Crippen molar-refractivity contribution in [3.63, 3.8) is 0 Å². The van der Waals surface area contributed by atoms with Crippen LogP contribution in [-0.4, -0.2) is 67.7 Å². The Balaban J connectivity index is 1.20. The molecule has 7 rings (SSSR count). The number of nitrogens with one attached hydrogen (secondary N) is 1. The summed E-state index contributed by atoms with van der Waals surface area (Å²) < 4.78 is 20.2. The van der Waals surface area contributed by atoms with Crippen molar-refractivity contribution in [3.05, 3.63) is 150 Å². The van der Waals surface area contributed by atoms with E-state index in [0.717, 1.165) is 22.3 Å². The maximum Gasteiger partial charge on any atom is 0.256 e. The summed E-state index contributed by atoms with van der Waals surface area (Å²) in [5, 5.41) is 25.4. The normalized spacial score (nSPS) is 20.2. The minimum Gasteiger partial charge on any atom is -0.497 e. The summed E-state index contributed by atoms with van der Waals surface area (Å²) in [6.45, 7) is 1.95. The Morgan fingerprint density at radius 3 is 2.14 bits per heavy atom. The molecule has 0 radical (unpaired) electrons. The highest BCUT2D eigenvalue weighted by Gasteiger charge is 2.47. The minimum absolute atomic E-state index is 0.0798. The number of fused-ring (bicyclic) bond motifs is 1. The molecule has 4 aromatic carbocycles. The Morgan fingerprint density at radius 1 is 0.837 bits per heavy atom. The van der Waals surface area contributed by atoms with Crippen molar-refractivity contribution < 1.29 is 29.2 Å². The van der Waals surface area contributed by atoms with Crippen molar-refractivity contribution in [1.82, 2.24) is 19.5 Å². The fourth-order valence-corrected chi connectivity index (χ4v) is 6.24. The van der Waals surface area contributed by atoms with Gasteiger partial charge < -0.3 is 29.7 Å². The van der Waals surface area contributed by atoms with E-state index in [1.54, 1.807) is 31.4 Å². The number of benzene rings is 4. The second-order valence-electron chi connectivity index (χ2n) is 11.9. The van der Waals surface area contributed by atoms with Crippen molar-refractivity contribution in [3.8, 4) is 5.75 Å². The highest BCUT2D eigenvalue weighted by Crippen LogP contribution is 2.42. The summed E-state index contributed by atoms with van der Waals surface area (Å²) in [5.74, 6) is 0.553. The van der Waals surface area contributed by atoms with Crippen LogP contribution >= 0.6 is 0 Å². The molecule has 49 heavy (non-hydrogen) atoms. The molecule has 1 fully saturated rings. The predicted octanol–water partition coefficient (Wildman–Crippen LogP) is 5.02. The maximum absolute atomic E-state index is 12.8. The molecule has 11 nitrogen and oxygen atoms in total. The molecule has 2 aromatic heterocycles. The number of rotatable bonds is 10. The van der Waals surface area contributed by atoms with Crippen LogP contribution in [0.2, 0.25) is 0 Å². The third-order valence-electron chi connectivity index (χ3n) is 8.84. The second-order valence-corrected chi connectivity index (χ2v) is 11.9. The number of ether oxygens (including phenoxy) is 3. The van der Waals surface area contributed by atoms with E-state index in [4.69, 9.17) is 14.2 Å². The van der Waals surface area contributed by atoms with E-state index in [1.165, 1.54) is 17.2 Å². The third-order valence-corrected chi connectivity index (χ3v) is 8.84. The summed E-state index contributed by atoms with van der Waals surface area (Å²) >= 11 is 0. The topological polar surface area (TPSA) is 141 Å². The van der Waals surface area contributed by atoms with Gasteiger partial charge in [-0.25, -0.2) is 15.0 Å². The van der Waals surface area contributed by atoms with E-state index < -0.39 is 30.1 Å². The highest BCUT2D eigenvalue weighted by molar-refractivity contribution is 6.06. The number of hydrogen-bond acceptors (Lipinski definition) is 9. The van der Waals surface area contributed by atoms with Crippen LogP contribution < -0.4 is 10.1 Å². The number of methoxy groups -OCH3 is 1. The van der Waals surface area contributed by atoms with E-state index in [0.29, 0.717) is 22.5 Å². The first-order valence-electron chi connectivity index (χ1n) is 15.9. The number of aliphatic hydroxyl groups excluding tert-OH is 2. The molecule has 0 aliphatic carbocycles. The van der Waals surface area contributed by atoms with Crippen LogP contribution in [0.4, 0.5) is 5.82 Å². The van der Waals surface area contributed by atoms with E-state index in [1.807, 2.05) is 91.9 Å². The minimum atomic E-state index is -1.34. The molecule has 5 atom stereocenters. The predicted molar refractivity (Wildman–Crippen MR) is 182 cm³/mol. The zero-order chi connectivity index (χ0) is 34.0. The average molecular weight is 658 g/mol. The summed E-state index contributed by atoms with van der Waals surface area (Å²) in [6, 6.07) is 34.4. The number of amides is 1. The molecule has 3 heterocycles. The quantitative estimate of drug-likeness (QED) is 0.173. The zero-order valence-electron chi connectivity index (χ0n) is 26.9. The Kier molecular flexibility index (Phi) is 8.89. The van der Waals surface area contributed by atoms with E-state index in [9.17, 15) is 15.0 Å². The Bertz CT molecular complexity index is 2040. The number of hydrogen-bond donors (Lipinski definition) is 3. The van der Waals surface area contributed by atoms with Crippen LogP contribution in [0.3, 0.4) is 0 Å². The number of aliphatic hydroxyl groups is 2. The van der Waals surface area contributed by atoms with Gasteiger partial charge in [0.05, 0.1) is 20.0 Å². The number of carbonyl (C=O) groups is 1. The molecule has 1 amide bonds. The number of nitrogens with zero attached hydrogens (tertiary/aromatic N) is 4. The molecule has 0 saturated carbocycles. The lowest BCUT2D eigenvalue weighted by molar-refractivity contribution is -0.0942. The fourth-order valence-electron chi connectivity index (χ4n) is 6.24. The van der Waals surface area contributed by atoms with Crippen molar-refractivity contribution >= 4 is 22.9 Å². The van der Waals surface area contributed by atoms with Crippen LogP contribution in [0, 0.1) is 6.92 Å². The molecule has 3 N–H and O–H groups in total. The van der Waals surface area contributed by atoms with Gasteiger partial charge in [0.2, 0.25) is 0 Å². The standard InChI is InChI=1S/C38H35N5O6/c1-24-13-15-27(16-14-24)38(26-11-7-4-8-12-26,28-17-19-29(47-2)20-18-28)48-21-30-32(44)33(45)37(49-30)43-23-41-31-34(39-22-40-35(31)43)42-36(46)25-9-5-3-6-10-25/h3-20,22-23,30,32-33,37,44-45H,21H2,1-2H3,(H,39,40,42,46)/t30-,32?,33+,37-,38?/m1/s1. The van der Waals surface area contributed by atoms with Gasteiger partial charge in [0, 0.05) is 5.56 Å². The van der Waals surface area contributed by atoms with Crippen molar-refractivity contribution in [2.45, 2.75) is 37.1 Å². The number of aromatic nitrogens is 4. The molecule has 248 valence electrons. The summed E-state index contributed by atoms with van der Waals surface area (Å²) in [6.07, 6.45) is -1.88. The first-order valence-corrected chi connectivity index (χ1v) is 15.9. The van der Waals surface area contributed by atoms with Gasteiger partial charge in [-0.1, -0.05) is 90.5 Å². The number of aryl methyl sites for hydroxylation is 1. The van der Waals surface area contributed by atoms with Crippen LogP contribution in [0.25, 0.3) is 11.2 Å². The maximum atomic E-state index is 12.8. The van der Waals surface area contributed by atoms with Gasteiger partial charge in [-0.15, -0.1) is 0 Å². The Morgan fingerprint density at radius 2 is 1.47 bits per heavy atom. The largest absolute Gasteiger partial charge is 0.497 e. The molecule has 6 aromatic rings. The molecular formula is C38H35N5O6. The van der Waals surface area contributed by atoms with Crippen LogP contribution in [-0.2, 0) is 15.1 Å². The molecule has 1 aliphatic heterocycles. The van der Waals surface area contributed by atoms with Gasteiger partial charge in [-0.3, -0.25) is 9.36 Å². The third kappa shape index (κ3) is 6.05. The van der Waals surface area contributed by atoms with Crippen molar-refractivity contribution in [1.29, 1.82) is 0 Å². The van der Waals surface area contributed by atoms with Crippen LogP contribution in [0.15, 0.2) is 122 Å². The molecule has 0 bridgehead atoms. The molecular weight excluding hydrogens is 622 g/mol. The van der Waals surface area contributed by atoms with Gasteiger partial charge >= 0.3 is 0 Å². The van der Waals surface area contributed by atoms with Gasteiger partial charge in [0.15, 0.2) is 23.2 Å². The lowest BCUT2D eigenvalue weighted by Crippen LogP contribution is -2.39. The first-order chi connectivity index (χ1) is 23.9. The molecule has 1 aliphatic rings. The Hall–Kier alpha value is -5.46. The summed E-state index contributed by atoms with van der Waals surface area (Å²) in [7, 11) is 1.62. The number of carbonyl (C=O) groups excluding carboxylic acids is 1. The number of imidazole rings is 1. The average Bonchev–Trinajstić information content (AvgIpc) is 3.70. The van der Waals surface area contributed by atoms with Gasteiger partial charge in [0.1, 0.15) is 36.0 Å². The van der Waals surface area contributed by atoms with Crippen LogP contribution in [0.1, 0.15) is 38.8 Å². The smallest absolute Gasteiger partial charge is 0.256 e. The van der Waals surface area contributed by atoms with Crippen molar-refractivity contribution in [2.24, 2.45) is 0 Å².